The van der Waals surface area contributed by atoms with Gasteiger partial charge in [0.15, 0.2) is 0 Å². The average molecular weight is 284 g/mol. The fourth-order valence-electron chi connectivity index (χ4n) is 1.44. The van der Waals surface area contributed by atoms with Gasteiger partial charge in [-0.2, -0.15) is 9.98 Å². The number of benzene rings is 1. The molecule has 3 N–H and O–H groups in total. The second-order valence-corrected chi connectivity index (χ2v) is 5.47. The SMILES string of the molecule is Cc1cc(C#N)ccc1S(=O)(=O)NC(CO)C(=O)O. The topological polar surface area (TPSA) is 127 Å². The minimum atomic E-state index is -4.07. The second-order valence-electron chi connectivity index (χ2n) is 3.79. The first-order valence-corrected chi connectivity index (χ1v) is 6.67. The molecular weight excluding hydrogens is 272 g/mol. The van der Waals surface area contributed by atoms with E-state index in [-0.39, 0.29) is 4.90 Å². The molecular formula is C11H12N2O5S. The zero-order valence-electron chi connectivity index (χ0n) is 9.99. The molecule has 0 fully saturated rings. The number of nitrogens with one attached hydrogen (secondary N) is 1. The number of aryl methyl sites for hydroxylation is 1. The summed E-state index contributed by atoms with van der Waals surface area (Å²) in [6.07, 6.45) is 0. The lowest BCUT2D eigenvalue weighted by molar-refractivity contribution is -0.139. The highest BCUT2D eigenvalue weighted by Gasteiger charge is 2.25. The van der Waals surface area contributed by atoms with Gasteiger partial charge in [0.1, 0.15) is 6.04 Å². The molecule has 7 nitrogen and oxygen atoms in total. The van der Waals surface area contributed by atoms with E-state index in [9.17, 15) is 13.2 Å². The molecule has 0 saturated heterocycles. The second kappa shape index (κ2) is 5.79. The maximum Gasteiger partial charge on any atom is 0.324 e. The van der Waals surface area contributed by atoms with Gasteiger partial charge < -0.3 is 10.2 Å². The van der Waals surface area contributed by atoms with E-state index in [1.54, 1.807) is 0 Å². The van der Waals surface area contributed by atoms with E-state index in [1.807, 2.05) is 10.8 Å². The Morgan fingerprint density at radius 2 is 2.16 bits per heavy atom. The van der Waals surface area contributed by atoms with E-state index in [4.69, 9.17) is 15.5 Å². The molecule has 0 heterocycles. The number of sulfonamides is 1. The largest absolute Gasteiger partial charge is 0.480 e. The Morgan fingerprint density at radius 1 is 1.53 bits per heavy atom. The minimum Gasteiger partial charge on any atom is -0.480 e. The van der Waals surface area contributed by atoms with Crippen molar-refractivity contribution in [3.63, 3.8) is 0 Å². The summed E-state index contributed by atoms with van der Waals surface area (Å²) in [6.45, 7) is 0.633. The lowest BCUT2D eigenvalue weighted by Crippen LogP contribution is -2.43. The van der Waals surface area contributed by atoms with Gasteiger partial charge in [0.05, 0.1) is 23.1 Å². The van der Waals surface area contributed by atoms with Crippen LogP contribution in [0, 0.1) is 18.3 Å². The monoisotopic (exact) mass is 284 g/mol. The maximum atomic E-state index is 12.0. The predicted octanol–water partition coefficient (Wildman–Crippen LogP) is -0.410. The van der Waals surface area contributed by atoms with Gasteiger partial charge in [0.25, 0.3) is 0 Å². The molecule has 8 heteroatoms. The minimum absolute atomic E-state index is 0.133. The summed E-state index contributed by atoms with van der Waals surface area (Å²) < 4.78 is 25.8. The lowest BCUT2D eigenvalue weighted by Gasteiger charge is -2.13. The van der Waals surface area contributed by atoms with Gasteiger partial charge in [-0.15, -0.1) is 0 Å². The summed E-state index contributed by atoms with van der Waals surface area (Å²) in [7, 11) is -4.07. The van der Waals surface area contributed by atoms with Gasteiger partial charge >= 0.3 is 5.97 Å². The Hall–Kier alpha value is -1.95. The fourth-order valence-corrected chi connectivity index (χ4v) is 2.84. The van der Waals surface area contributed by atoms with Crippen LogP contribution in [0.5, 0.6) is 0 Å². The normalized spacial score (nSPS) is 12.7. The molecule has 102 valence electrons. The molecule has 0 amide bonds. The van der Waals surface area contributed by atoms with Crippen molar-refractivity contribution in [1.29, 1.82) is 5.26 Å². The summed E-state index contributed by atoms with van der Waals surface area (Å²) >= 11 is 0. The quantitative estimate of drug-likeness (QED) is 0.674. The van der Waals surface area contributed by atoms with Gasteiger partial charge in [-0.3, -0.25) is 4.79 Å². The van der Waals surface area contributed by atoms with Gasteiger partial charge in [-0.25, -0.2) is 8.42 Å². The Balaban J connectivity index is 3.14. The summed E-state index contributed by atoms with van der Waals surface area (Å²) in [4.78, 5) is 10.6. The van der Waals surface area contributed by atoms with Crippen molar-refractivity contribution >= 4 is 16.0 Å². The number of carbonyl (C=O) groups is 1. The first-order valence-electron chi connectivity index (χ1n) is 5.18. The third-order valence-electron chi connectivity index (χ3n) is 2.37. The van der Waals surface area contributed by atoms with E-state index in [2.05, 4.69) is 0 Å². The number of nitriles is 1. The van der Waals surface area contributed by atoms with E-state index in [0.717, 1.165) is 0 Å². The highest BCUT2D eigenvalue weighted by Crippen LogP contribution is 2.16. The molecule has 1 aromatic rings. The lowest BCUT2D eigenvalue weighted by atomic mass is 10.2. The fraction of sp³-hybridized carbons (Fsp3) is 0.273. The van der Waals surface area contributed by atoms with E-state index >= 15 is 0 Å². The van der Waals surface area contributed by atoms with Crippen LogP contribution in [0.4, 0.5) is 0 Å². The van der Waals surface area contributed by atoms with Gasteiger partial charge in [0, 0.05) is 0 Å². The zero-order valence-corrected chi connectivity index (χ0v) is 10.8. The van der Waals surface area contributed by atoms with Crippen molar-refractivity contribution in [2.45, 2.75) is 17.9 Å². The molecule has 0 aromatic heterocycles. The number of aliphatic carboxylic acids is 1. The van der Waals surface area contributed by atoms with Gasteiger partial charge in [0.2, 0.25) is 10.0 Å². The Labute approximate surface area is 110 Å². The van der Waals surface area contributed by atoms with E-state index in [1.165, 1.54) is 25.1 Å². The predicted molar refractivity (Wildman–Crippen MR) is 64.7 cm³/mol. The van der Waals surface area contributed by atoms with Gasteiger partial charge in [-0.05, 0) is 30.7 Å². The number of carboxylic acid groups (broad SMARTS) is 1. The molecule has 19 heavy (non-hydrogen) atoms. The number of aliphatic hydroxyl groups excluding tert-OH is 1. The zero-order chi connectivity index (χ0) is 14.6. The van der Waals surface area contributed by atoms with Crippen LogP contribution in [0.3, 0.4) is 0 Å². The van der Waals surface area contributed by atoms with Crippen molar-refractivity contribution in [3.8, 4) is 6.07 Å². The molecule has 1 rings (SSSR count). The number of rotatable bonds is 5. The van der Waals surface area contributed by atoms with E-state index < -0.39 is 28.6 Å². The summed E-state index contributed by atoms with van der Waals surface area (Å²) in [6, 6.07) is 4.17. The van der Waals surface area contributed by atoms with Crippen molar-refractivity contribution < 1.29 is 23.4 Å². The first-order chi connectivity index (χ1) is 8.81. The molecule has 1 aromatic carbocycles. The summed E-state index contributed by atoms with van der Waals surface area (Å²) in [5.41, 5.74) is 0.613. The van der Waals surface area contributed by atoms with Crippen LogP contribution in [0.1, 0.15) is 11.1 Å². The first kappa shape index (κ1) is 15.1. The Bertz CT molecular complexity index is 633. The Morgan fingerprint density at radius 3 is 2.58 bits per heavy atom. The van der Waals surface area contributed by atoms with Crippen LogP contribution in [0.2, 0.25) is 0 Å². The number of hydrogen-bond acceptors (Lipinski definition) is 5. The molecule has 0 radical (unpaired) electrons. The number of carboxylic acids is 1. The summed E-state index contributed by atoms with van der Waals surface area (Å²) in [5, 5.41) is 26.2. The summed E-state index contributed by atoms with van der Waals surface area (Å²) in [5.74, 6) is -1.47. The molecule has 0 saturated carbocycles. The average Bonchev–Trinajstić information content (AvgIpc) is 2.35. The van der Waals surface area contributed by atoms with E-state index in [0.29, 0.717) is 11.1 Å². The van der Waals surface area contributed by atoms with Crippen LogP contribution < -0.4 is 4.72 Å². The third kappa shape index (κ3) is 3.51. The molecule has 0 aliphatic carbocycles. The van der Waals surface area contributed by atoms with Crippen LogP contribution >= 0.6 is 0 Å². The molecule has 0 aliphatic rings. The smallest absolute Gasteiger partial charge is 0.324 e. The molecule has 1 unspecified atom stereocenters. The number of nitrogens with zero attached hydrogens (tertiary/aromatic N) is 1. The van der Waals surface area contributed by atoms with Crippen molar-refractivity contribution in [3.05, 3.63) is 29.3 Å². The Kier molecular flexibility index (Phi) is 4.61. The molecule has 0 bridgehead atoms. The number of hydrogen-bond donors (Lipinski definition) is 3. The van der Waals surface area contributed by atoms with Crippen molar-refractivity contribution in [1.82, 2.24) is 4.72 Å². The third-order valence-corrected chi connectivity index (χ3v) is 4.00. The highest BCUT2D eigenvalue weighted by molar-refractivity contribution is 7.89. The maximum absolute atomic E-state index is 12.0. The highest BCUT2D eigenvalue weighted by atomic mass is 32.2. The molecule has 0 spiro atoms. The number of aliphatic hydroxyl groups is 1. The molecule has 1 atom stereocenters. The standard InChI is InChI=1S/C11H12N2O5S/c1-7-4-8(5-12)2-3-10(7)19(17,18)13-9(6-14)11(15)16/h2-4,9,13-14H,6H2,1H3,(H,15,16). The van der Waals surface area contributed by atoms with Crippen LogP contribution in [0.25, 0.3) is 0 Å². The van der Waals surface area contributed by atoms with Crippen molar-refractivity contribution in [2.24, 2.45) is 0 Å². The van der Waals surface area contributed by atoms with Gasteiger partial charge in [-0.1, -0.05) is 0 Å². The molecule has 0 aliphatic heterocycles. The van der Waals surface area contributed by atoms with Crippen LogP contribution in [-0.4, -0.2) is 37.2 Å². The van der Waals surface area contributed by atoms with Crippen LogP contribution in [-0.2, 0) is 14.8 Å². The van der Waals surface area contributed by atoms with Crippen molar-refractivity contribution in [2.75, 3.05) is 6.61 Å². The van der Waals surface area contributed by atoms with Crippen LogP contribution in [0.15, 0.2) is 23.1 Å².